The lowest BCUT2D eigenvalue weighted by Gasteiger charge is -2.04. The molecule has 126 valence electrons. The fourth-order valence-electron chi connectivity index (χ4n) is 2.73. The van der Waals surface area contributed by atoms with E-state index in [-0.39, 0.29) is 0 Å². The Balaban J connectivity index is 2.17. The van der Waals surface area contributed by atoms with Crippen molar-refractivity contribution in [1.82, 2.24) is 0 Å². The molecule has 0 saturated carbocycles. The van der Waals surface area contributed by atoms with Gasteiger partial charge in [-0.15, -0.1) is 0 Å². The molecule has 0 aromatic heterocycles. The van der Waals surface area contributed by atoms with Gasteiger partial charge in [-0.3, -0.25) is 9.98 Å². The summed E-state index contributed by atoms with van der Waals surface area (Å²) >= 11 is 0. The van der Waals surface area contributed by atoms with Crippen LogP contribution < -0.4 is 0 Å². The van der Waals surface area contributed by atoms with Crippen molar-refractivity contribution in [3.63, 3.8) is 0 Å². The molecule has 0 saturated heterocycles. The van der Waals surface area contributed by atoms with Gasteiger partial charge in [0.1, 0.15) is 0 Å². The summed E-state index contributed by atoms with van der Waals surface area (Å²) in [5, 5.41) is 0. The quantitative estimate of drug-likeness (QED) is 0.379. The smallest absolute Gasteiger partial charge is 0.0638 e. The largest absolute Gasteiger partial charge is 0.255 e. The molecule has 2 heteroatoms. The van der Waals surface area contributed by atoms with Crippen LogP contribution in [-0.4, -0.2) is 11.9 Å². The first-order valence-corrected chi connectivity index (χ1v) is 8.92. The molecule has 24 heavy (non-hydrogen) atoms. The lowest BCUT2D eigenvalue weighted by atomic mass is 10.1. The molecular formula is C22H28N2. The normalized spacial score (nSPS) is 12.0. The number of rotatable bonds is 8. The Bertz CT molecular complexity index is 664. The fraction of sp³-hybridized carbons (Fsp3) is 0.364. The van der Waals surface area contributed by atoms with Crippen LogP contribution in [0.2, 0.25) is 0 Å². The van der Waals surface area contributed by atoms with Crippen molar-refractivity contribution in [3.8, 4) is 0 Å². The standard InChI is InChI=1S/C22H28N2/c1-4-5-6-8-13-21(17-23-20-11-9-7-10-12-20)24-22-15-18(2)14-19(3)16-22/h7,9-12,14-17H,4-6,8,13H2,1-3H3. The van der Waals surface area contributed by atoms with Crippen molar-refractivity contribution < 1.29 is 0 Å². The summed E-state index contributed by atoms with van der Waals surface area (Å²) in [6.07, 6.45) is 7.86. The van der Waals surface area contributed by atoms with Gasteiger partial charge in [0.05, 0.1) is 17.1 Å². The minimum absolute atomic E-state index is 0.971. The van der Waals surface area contributed by atoms with E-state index < -0.39 is 0 Å². The van der Waals surface area contributed by atoms with Crippen LogP contribution >= 0.6 is 0 Å². The summed E-state index contributed by atoms with van der Waals surface area (Å²) in [4.78, 5) is 9.45. The van der Waals surface area contributed by atoms with E-state index in [1.165, 1.54) is 30.4 Å². The van der Waals surface area contributed by atoms with E-state index in [1.807, 2.05) is 36.5 Å². The predicted octanol–water partition coefficient (Wildman–Crippen LogP) is 6.75. The van der Waals surface area contributed by atoms with Gasteiger partial charge < -0.3 is 0 Å². The Morgan fingerprint density at radius 2 is 1.58 bits per heavy atom. The Morgan fingerprint density at radius 1 is 0.875 bits per heavy atom. The number of hydrogen-bond donors (Lipinski definition) is 0. The Hall–Kier alpha value is -2.22. The molecule has 0 aliphatic carbocycles. The third-order valence-corrected chi connectivity index (χ3v) is 3.88. The van der Waals surface area contributed by atoms with Crippen molar-refractivity contribution in [2.24, 2.45) is 9.98 Å². The lowest BCUT2D eigenvalue weighted by molar-refractivity contribution is 0.684. The maximum Gasteiger partial charge on any atom is 0.0638 e. The zero-order valence-electron chi connectivity index (χ0n) is 15.1. The van der Waals surface area contributed by atoms with E-state index >= 15 is 0 Å². The summed E-state index contributed by atoms with van der Waals surface area (Å²) in [6.45, 7) is 6.47. The summed E-state index contributed by atoms with van der Waals surface area (Å²) in [5.41, 5.74) is 5.55. The Labute approximate surface area is 146 Å². The second-order valence-electron chi connectivity index (χ2n) is 6.35. The van der Waals surface area contributed by atoms with E-state index in [4.69, 9.17) is 4.99 Å². The lowest BCUT2D eigenvalue weighted by Crippen LogP contribution is -2.00. The van der Waals surface area contributed by atoms with Crippen molar-refractivity contribution in [1.29, 1.82) is 0 Å². The minimum Gasteiger partial charge on any atom is -0.255 e. The van der Waals surface area contributed by atoms with Gasteiger partial charge in [0.2, 0.25) is 0 Å². The molecule has 0 aliphatic heterocycles. The molecule has 0 unspecified atom stereocenters. The van der Waals surface area contributed by atoms with Crippen LogP contribution in [0.25, 0.3) is 0 Å². The number of aliphatic imine (C=N–C) groups is 2. The third-order valence-electron chi connectivity index (χ3n) is 3.88. The van der Waals surface area contributed by atoms with Crippen LogP contribution in [0.15, 0.2) is 58.5 Å². The molecule has 0 N–H and O–H groups in total. The molecule has 0 bridgehead atoms. The molecule has 0 aliphatic rings. The average Bonchev–Trinajstić information content (AvgIpc) is 2.56. The Kier molecular flexibility index (Phi) is 7.41. The van der Waals surface area contributed by atoms with Gasteiger partial charge >= 0.3 is 0 Å². The van der Waals surface area contributed by atoms with Gasteiger partial charge in [0, 0.05) is 6.21 Å². The van der Waals surface area contributed by atoms with Crippen molar-refractivity contribution in [2.75, 3.05) is 0 Å². The van der Waals surface area contributed by atoms with Crippen LogP contribution in [0.4, 0.5) is 11.4 Å². The number of nitrogens with zero attached hydrogens (tertiary/aromatic N) is 2. The fourth-order valence-corrected chi connectivity index (χ4v) is 2.73. The molecule has 2 aromatic carbocycles. The first-order valence-electron chi connectivity index (χ1n) is 8.92. The van der Waals surface area contributed by atoms with Gasteiger partial charge in [-0.25, -0.2) is 0 Å². The highest BCUT2D eigenvalue weighted by Crippen LogP contribution is 2.18. The maximum atomic E-state index is 4.86. The molecule has 0 fully saturated rings. The number of unbranched alkanes of at least 4 members (excludes halogenated alkanes) is 3. The van der Waals surface area contributed by atoms with Crippen molar-refractivity contribution in [2.45, 2.75) is 52.9 Å². The van der Waals surface area contributed by atoms with E-state index in [2.05, 4.69) is 44.0 Å². The number of aryl methyl sites for hydroxylation is 2. The monoisotopic (exact) mass is 320 g/mol. The second-order valence-corrected chi connectivity index (χ2v) is 6.35. The van der Waals surface area contributed by atoms with E-state index in [9.17, 15) is 0 Å². The number of benzene rings is 2. The highest BCUT2D eigenvalue weighted by atomic mass is 14.8. The SMILES string of the molecule is CCCCCCC(C=Nc1ccccc1)=Nc1cc(C)cc(C)c1. The molecule has 2 rings (SSSR count). The van der Waals surface area contributed by atoms with E-state index in [0.717, 1.165) is 29.9 Å². The van der Waals surface area contributed by atoms with Gasteiger partial charge in [0.15, 0.2) is 0 Å². The molecule has 0 atom stereocenters. The van der Waals surface area contributed by atoms with Crippen molar-refractivity contribution >= 4 is 23.3 Å². The van der Waals surface area contributed by atoms with Crippen LogP contribution in [0.1, 0.15) is 50.2 Å². The molecule has 0 amide bonds. The van der Waals surface area contributed by atoms with E-state index in [0.29, 0.717) is 0 Å². The zero-order chi connectivity index (χ0) is 17.2. The van der Waals surface area contributed by atoms with Gasteiger partial charge in [-0.1, -0.05) is 50.5 Å². The number of hydrogen-bond acceptors (Lipinski definition) is 2. The van der Waals surface area contributed by atoms with Crippen LogP contribution in [0, 0.1) is 13.8 Å². The zero-order valence-corrected chi connectivity index (χ0v) is 15.1. The molecule has 0 heterocycles. The van der Waals surface area contributed by atoms with Gasteiger partial charge in [-0.05, 0) is 62.1 Å². The first kappa shape index (κ1) is 18.1. The third kappa shape index (κ3) is 6.49. The molecule has 0 spiro atoms. The van der Waals surface area contributed by atoms with Gasteiger partial charge in [-0.2, -0.15) is 0 Å². The van der Waals surface area contributed by atoms with Crippen LogP contribution in [0.3, 0.4) is 0 Å². The first-order chi connectivity index (χ1) is 11.7. The second kappa shape index (κ2) is 9.82. The minimum atomic E-state index is 0.971. The van der Waals surface area contributed by atoms with Crippen LogP contribution in [-0.2, 0) is 0 Å². The summed E-state index contributed by atoms with van der Waals surface area (Å²) in [5.74, 6) is 0. The maximum absolute atomic E-state index is 4.86. The van der Waals surface area contributed by atoms with E-state index in [1.54, 1.807) is 0 Å². The highest BCUT2D eigenvalue weighted by Gasteiger charge is 2.00. The predicted molar refractivity (Wildman–Crippen MR) is 106 cm³/mol. The molecule has 0 radical (unpaired) electrons. The van der Waals surface area contributed by atoms with Gasteiger partial charge in [0.25, 0.3) is 0 Å². The van der Waals surface area contributed by atoms with Crippen molar-refractivity contribution in [3.05, 3.63) is 59.7 Å². The molecular weight excluding hydrogens is 292 g/mol. The summed E-state index contributed by atoms with van der Waals surface area (Å²) in [7, 11) is 0. The highest BCUT2D eigenvalue weighted by molar-refractivity contribution is 6.31. The summed E-state index contributed by atoms with van der Waals surface area (Å²) < 4.78 is 0. The molecule has 2 aromatic rings. The van der Waals surface area contributed by atoms with Crippen LogP contribution in [0.5, 0.6) is 0 Å². The molecule has 2 nitrogen and oxygen atoms in total. The number of para-hydroxylation sites is 1. The summed E-state index contributed by atoms with van der Waals surface area (Å²) in [6, 6.07) is 16.5. The average molecular weight is 320 g/mol. The Morgan fingerprint density at radius 3 is 2.25 bits per heavy atom. The topological polar surface area (TPSA) is 24.7 Å².